The fourth-order valence-electron chi connectivity index (χ4n) is 4.80. The minimum Gasteiger partial charge on any atom is -0.494 e. The Morgan fingerprint density at radius 1 is 1.12 bits per heavy atom. The van der Waals surface area contributed by atoms with Crippen LogP contribution in [-0.4, -0.2) is 36.5 Å². The Morgan fingerprint density at radius 3 is 2.61 bits per heavy atom. The monoisotopic (exact) mass is 472 g/mol. The van der Waals surface area contributed by atoms with E-state index in [-0.39, 0.29) is 19.0 Å². The lowest BCUT2D eigenvalue weighted by Gasteiger charge is -2.27. The van der Waals surface area contributed by atoms with Gasteiger partial charge in [-0.25, -0.2) is 0 Å². The first-order valence-electron chi connectivity index (χ1n) is 12.0. The largest absolute Gasteiger partial charge is 0.494 e. The highest BCUT2D eigenvalue weighted by Gasteiger charge is 2.29. The maximum atomic E-state index is 11.7. The lowest BCUT2D eigenvalue weighted by molar-refractivity contribution is -0.162. The van der Waals surface area contributed by atoms with Gasteiger partial charge in [0.25, 0.3) is 0 Å². The normalized spacial score (nSPS) is 21.1. The topological polar surface area (TPSA) is 65.0 Å². The van der Waals surface area contributed by atoms with Crippen LogP contribution in [0.3, 0.4) is 0 Å². The van der Waals surface area contributed by atoms with Gasteiger partial charge in [0.15, 0.2) is 0 Å². The Morgan fingerprint density at radius 2 is 1.88 bits per heavy atom. The number of esters is 1. The predicted octanol–water partition coefficient (Wildman–Crippen LogP) is 5.76. The number of aliphatic hydroxyl groups excluding tert-OH is 1. The first-order chi connectivity index (χ1) is 16.0. The van der Waals surface area contributed by atoms with Crippen molar-refractivity contribution in [3.05, 3.63) is 58.1 Å². The fourth-order valence-corrected chi connectivity index (χ4v) is 5.05. The number of ether oxygens (including phenoxy) is 3. The van der Waals surface area contributed by atoms with Crippen molar-refractivity contribution in [3.63, 3.8) is 0 Å². The zero-order valence-electron chi connectivity index (χ0n) is 19.2. The van der Waals surface area contributed by atoms with E-state index >= 15 is 0 Å². The van der Waals surface area contributed by atoms with Gasteiger partial charge >= 0.3 is 5.97 Å². The highest BCUT2D eigenvalue weighted by atomic mass is 35.5. The van der Waals surface area contributed by atoms with Crippen molar-refractivity contribution in [2.24, 2.45) is 0 Å². The Hall–Kier alpha value is -2.24. The second-order valence-electron chi connectivity index (χ2n) is 9.25. The number of benzene rings is 2. The third-order valence-corrected chi connectivity index (χ3v) is 6.70. The second-order valence-corrected chi connectivity index (χ2v) is 9.68. The molecule has 1 saturated carbocycles. The van der Waals surface area contributed by atoms with Gasteiger partial charge in [0.2, 0.25) is 0 Å². The molecule has 1 heterocycles. The van der Waals surface area contributed by atoms with E-state index in [9.17, 15) is 9.90 Å². The van der Waals surface area contributed by atoms with Gasteiger partial charge in [0.1, 0.15) is 24.2 Å². The average molecular weight is 473 g/mol. The van der Waals surface area contributed by atoms with Crippen molar-refractivity contribution in [3.8, 4) is 11.5 Å². The highest BCUT2D eigenvalue weighted by molar-refractivity contribution is 6.30. The zero-order chi connectivity index (χ0) is 23.2. The van der Waals surface area contributed by atoms with E-state index in [1.54, 1.807) is 0 Å². The molecule has 178 valence electrons. The molecule has 1 saturated heterocycles. The van der Waals surface area contributed by atoms with Gasteiger partial charge in [-0.1, -0.05) is 42.1 Å². The number of carbonyl (C=O) groups is 1. The van der Waals surface area contributed by atoms with Crippen LogP contribution in [0.5, 0.6) is 11.5 Å². The maximum Gasteiger partial charge on any atom is 0.308 e. The van der Waals surface area contributed by atoms with Crippen molar-refractivity contribution < 1.29 is 24.1 Å². The number of cyclic esters (lactones) is 1. The molecule has 0 spiro atoms. The van der Waals surface area contributed by atoms with E-state index in [2.05, 4.69) is 6.92 Å². The van der Waals surface area contributed by atoms with Crippen LogP contribution in [0.25, 0.3) is 0 Å². The molecule has 33 heavy (non-hydrogen) atoms. The molecule has 2 aromatic rings. The molecule has 1 N–H and O–H groups in total. The molecule has 1 aliphatic heterocycles. The number of carbonyl (C=O) groups excluding carboxylic acids is 1. The summed E-state index contributed by atoms with van der Waals surface area (Å²) >= 11 is 6.52. The van der Waals surface area contributed by atoms with Crippen molar-refractivity contribution in [1.82, 2.24) is 0 Å². The van der Waals surface area contributed by atoms with Crippen molar-refractivity contribution in [1.29, 1.82) is 0 Å². The molecule has 4 rings (SSSR count). The number of rotatable bonds is 9. The Bertz CT molecular complexity index is 936. The van der Waals surface area contributed by atoms with Gasteiger partial charge in [0.05, 0.1) is 19.1 Å². The minimum atomic E-state index is -0.669. The van der Waals surface area contributed by atoms with Crippen LogP contribution >= 0.6 is 11.6 Å². The Balaban J connectivity index is 1.45. The summed E-state index contributed by atoms with van der Waals surface area (Å²) in [5.41, 5.74) is 3.41. The van der Waals surface area contributed by atoms with Gasteiger partial charge in [-0.05, 0) is 73.9 Å². The highest BCUT2D eigenvalue weighted by Crippen LogP contribution is 2.42. The summed E-state index contributed by atoms with van der Waals surface area (Å²) in [7, 11) is 0. The first kappa shape index (κ1) is 23.9. The Labute approximate surface area is 201 Å². The van der Waals surface area contributed by atoms with Crippen LogP contribution in [0.4, 0.5) is 0 Å². The number of aryl methyl sites for hydroxylation is 2. The Kier molecular flexibility index (Phi) is 8.15. The molecule has 6 heteroatoms. The average Bonchev–Trinajstić information content (AvgIpc) is 3.31. The van der Waals surface area contributed by atoms with Crippen molar-refractivity contribution >= 4 is 17.6 Å². The van der Waals surface area contributed by atoms with Crippen molar-refractivity contribution in [2.45, 2.75) is 76.4 Å². The van der Waals surface area contributed by atoms with Crippen molar-refractivity contribution in [2.75, 3.05) is 13.2 Å². The molecule has 2 unspecified atom stereocenters. The predicted molar refractivity (Wildman–Crippen MR) is 128 cm³/mol. The van der Waals surface area contributed by atoms with Gasteiger partial charge in [-0.2, -0.15) is 0 Å². The SMILES string of the molecule is Cc1ccc(OCCCc2cc(Cl)cc(C3CCCC3)c2OCC2CC(O)CC(=O)O2)cc1. The summed E-state index contributed by atoms with van der Waals surface area (Å²) in [6, 6.07) is 12.1. The summed E-state index contributed by atoms with van der Waals surface area (Å²) in [4.78, 5) is 11.7. The smallest absolute Gasteiger partial charge is 0.308 e. The van der Waals surface area contributed by atoms with Crippen LogP contribution in [0.15, 0.2) is 36.4 Å². The van der Waals surface area contributed by atoms with Gasteiger partial charge in [-0.3, -0.25) is 4.79 Å². The molecular weight excluding hydrogens is 440 g/mol. The quantitative estimate of drug-likeness (QED) is 0.371. The van der Waals surface area contributed by atoms with E-state index in [0.29, 0.717) is 18.9 Å². The van der Waals surface area contributed by atoms with Crippen LogP contribution in [-0.2, 0) is 16.0 Å². The lowest BCUT2D eigenvalue weighted by Crippen LogP contribution is -2.36. The number of hydrogen-bond acceptors (Lipinski definition) is 5. The van der Waals surface area contributed by atoms with Crippen LogP contribution in [0, 0.1) is 6.92 Å². The maximum absolute atomic E-state index is 11.7. The fraction of sp³-hybridized carbons (Fsp3) is 0.519. The van der Waals surface area contributed by atoms with E-state index in [1.165, 1.54) is 18.4 Å². The molecule has 2 atom stereocenters. The zero-order valence-corrected chi connectivity index (χ0v) is 20.0. The van der Waals surface area contributed by atoms with Crippen LogP contribution in [0.1, 0.15) is 67.6 Å². The van der Waals surface area contributed by atoms with E-state index in [0.717, 1.165) is 53.3 Å². The summed E-state index contributed by atoms with van der Waals surface area (Å²) in [5.74, 6) is 1.79. The number of aliphatic hydroxyl groups is 1. The molecule has 0 amide bonds. The molecule has 0 aromatic heterocycles. The van der Waals surface area contributed by atoms with E-state index in [4.69, 9.17) is 25.8 Å². The molecular formula is C27H33ClO5. The number of hydrogen-bond donors (Lipinski definition) is 1. The molecule has 2 aromatic carbocycles. The molecule has 0 bridgehead atoms. The standard InChI is InChI=1S/C27H33ClO5/c1-18-8-10-23(11-9-18)31-12-4-7-20-13-21(28)14-25(19-5-2-3-6-19)27(20)32-17-24-15-22(29)16-26(30)33-24/h8-11,13-14,19,22,24,29H,2-7,12,15-17H2,1H3. The molecule has 2 fully saturated rings. The van der Waals surface area contributed by atoms with Crippen LogP contribution in [0.2, 0.25) is 5.02 Å². The van der Waals surface area contributed by atoms with Gasteiger partial charge in [0, 0.05) is 11.4 Å². The summed E-state index contributed by atoms with van der Waals surface area (Å²) < 4.78 is 17.6. The lowest BCUT2D eigenvalue weighted by atomic mass is 9.93. The van der Waals surface area contributed by atoms with E-state index in [1.807, 2.05) is 36.4 Å². The molecule has 1 aliphatic carbocycles. The molecule has 0 radical (unpaired) electrons. The van der Waals surface area contributed by atoms with Gasteiger partial charge < -0.3 is 19.3 Å². The summed E-state index contributed by atoms with van der Waals surface area (Å²) in [6.45, 7) is 2.89. The van der Waals surface area contributed by atoms with E-state index < -0.39 is 12.2 Å². The molecule has 2 aliphatic rings. The number of halogens is 1. The first-order valence-corrected chi connectivity index (χ1v) is 12.4. The minimum absolute atomic E-state index is 0.0526. The molecule has 5 nitrogen and oxygen atoms in total. The van der Waals surface area contributed by atoms with Crippen LogP contribution < -0.4 is 9.47 Å². The third-order valence-electron chi connectivity index (χ3n) is 6.48. The summed E-state index contributed by atoms with van der Waals surface area (Å²) in [6.07, 6.45) is 5.62. The van der Waals surface area contributed by atoms with Gasteiger partial charge in [-0.15, -0.1) is 0 Å². The second kappa shape index (κ2) is 11.3. The summed E-state index contributed by atoms with van der Waals surface area (Å²) in [5, 5.41) is 10.7. The third kappa shape index (κ3) is 6.64.